The highest BCUT2D eigenvalue weighted by Gasteiger charge is 2.25. The maximum absolute atomic E-state index is 2.51. The average molecular weight is 741 g/mol. The molecule has 0 saturated carbocycles. The van der Waals surface area contributed by atoms with Gasteiger partial charge in [0.05, 0.1) is 38.6 Å². The van der Waals surface area contributed by atoms with Gasteiger partial charge in [0.1, 0.15) is 0 Å². The lowest BCUT2D eigenvalue weighted by Gasteiger charge is -2.13. The summed E-state index contributed by atoms with van der Waals surface area (Å²) in [6.45, 7) is 0. The van der Waals surface area contributed by atoms with Crippen LogP contribution in [0, 0.1) is 0 Å². The minimum Gasteiger partial charge on any atom is -0.313 e. The number of nitrogens with zero attached hydrogens (tertiary/aromatic N) is 4. The van der Waals surface area contributed by atoms with E-state index in [1.54, 1.807) is 0 Å². The van der Waals surface area contributed by atoms with Crippen molar-refractivity contribution in [3.63, 3.8) is 0 Å². The number of hydrogen-bond donors (Lipinski definition) is 0. The van der Waals surface area contributed by atoms with Gasteiger partial charge in [0.15, 0.2) is 0 Å². The monoisotopic (exact) mass is 740 g/mol. The van der Waals surface area contributed by atoms with Crippen molar-refractivity contribution >= 4 is 82.4 Å². The second-order valence-corrected chi connectivity index (χ2v) is 15.6. The van der Waals surface area contributed by atoms with Crippen molar-refractivity contribution in [2.45, 2.75) is 12.8 Å². The highest BCUT2D eigenvalue weighted by atomic mass is 15.0. The largest absolute Gasteiger partial charge is 0.313 e. The topological polar surface area (TPSA) is 19.7 Å². The molecule has 0 aliphatic heterocycles. The Hall–Kier alpha value is -7.56. The maximum atomic E-state index is 2.51. The molecule has 0 amide bonds. The predicted molar refractivity (Wildman–Crippen MR) is 244 cm³/mol. The van der Waals surface area contributed by atoms with Crippen molar-refractivity contribution in [1.29, 1.82) is 0 Å². The normalized spacial score (nSPS) is 13.0. The van der Waals surface area contributed by atoms with E-state index in [2.05, 4.69) is 212 Å². The molecule has 1 aliphatic rings. The molecular weight excluding hydrogens is 705 g/mol. The van der Waals surface area contributed by atoms with Crippen molar-refractivity contribution in [2.24, 2.45) is 0 Å². The van der Waals surface area contributed by atoms with Gasteiger partial charge in [-0.15, -0.1) is 0 Å². The van der Waals surface area contributed by atoms with E-state index >= 15 is 0 Å². The number of allylic oxidation sites excluding steroid dienone is 1. The molecular formula is C54H36N4. The van der Waals surface area contributed by atoms with Gasteiger partial charge < -0.3 is 18.3 Å². The Morgan fingerprint density at radius 1 is 0.310 bits per heavy atom. The summed E-state index contributed by atoms with van der Waals surface area (Å²) < 4.78 is 9.91. The van der Waals surface area contributed by atoms with Gasteiger partial charge in [-0.25, -0.2) is 0 Å². The van der Waals surface area contributed by atoms with E-state index in [1.165, 1.54) is 93.3 Å². The second-order valence-electron chi connectivity index (χ2n) is 15.6. The number of para-hydroxylation sites is 5. The van der Waals surface area contributed by atoms with Crippen molar-refractivity contribution in [1.82, 2.24) is 18.3 Å². The van der Waals surface area contributed by atoms with Gasteiger partial charge in [-0.3, -0.25) is 0 Å². The fourth-order valence-electron chi connectivity index (χ4n) is 10.3. The molecule has 0 radical (unpaired) electrons. The van der Waals surface area contributed by atoms with Gasteiger partial charge in [0.25, 0.3) is 0 Å². The van der Waals surface area contributed by atoms with Crippen LogP contribution in [0.5, 0.6) is 0 Å². The number of hydrogen-bond acceptors (Lipinski definition) is 0. The number of fused-ring (bicyclic) bond motifs is 14. The Morgan fingerprint density at radius 2 is 0.759 bits per heavy atom. The van der Waals surface area contributed by atoms with Gasteiger partial charge in [-0.2, -0.15) is 0 Å². The van der Waals surface area contributed by atoms with Crippen LogP contribution in [0.3, 0.4) is 0 Å². The van der Waals surface area contributed by atoms with Crippen LogP contribution in [0.25, 0.3) is 105 Å². The van der Waals surface area contributed by atoms with Crippen LogP contribution in [0.4, 0.5) is 0 Å². The average Bonchev–Trinajstić information content (AvgIpc) is 4.02. The number of benzene rings is 8. The highest BCUT2D eigenvalue weighted by molar-refractivity contribution is 6.26. The zero-order valence-electron chi connectivity index (χ0n) is 31.7. The summed E-state index contributed by atoms with van der Waals surface area (Å²) in [5.41, 5.74) is 15.9. The van der Waals surface area contributed by atoms with Gasteiger partial charge in [-0.05, 0) is 91.7 Å². The van der Waals surface area contributed by atoms with Gasteiger partial charge in [0, 0.05) is 71.7 Å². The molecule has 0 atom stereocenters. The molecule has 12 aromatic rings. The van der Waals surface area contributed by atoms with Crippen molar-refractivity contribution in [2.75, 3.05) is 0 Å². The van der Waals surface area contributed by atoms with E-state index in [-0.39, 0.29) is 0 Å². The SMILES string of the molecule is C1=Cc2c(n(-c3ccccc3)c3ccc4c5ccccc5n(-c5ccc(-n6c7ccccc7c7ccc8c(c9ccccc9n8-c8ccccc8)c76)cc5)c4c23)CC1. The zero-order valence-corrected chi connectivity index (χ0v) is 31.7. The Morgan fingerprint density at radius 3 is 1.34 bits per heavy atom. The molecule has 58 heavy (non-hydrogen) atoms. The molecule has 0 bridgehead atoms. The molecule has 13 rings (SSSR count). The molecule has 0 unspecified atom stereocenters. The molecule has 1 aliphatic carbocycles. The first kappa shape index (κ1) is 31.6. The van der Waals surface area contributed by atoms with Crippen molar-refractivity contribution in [3.05, 3.63) is 199 Å². The number of rotatable bonds is 4. The fourth-order valence-corrected chi connectivity index (χ4v) is 10.3. The third kappa shape index (κ3) is 4.24. The Balaban J connectivity index is 1.09. The van der Waals surface area contributed by atoms with E-state index < -0.39 is 0 Å². The summed E-state index contributed by atoms with van der Waals surface area (Å²) in [5, 5.41) is 8.89. The Bertz CT molecular complexity index is 3650. The third-order valence-corrected chi connectivity index (χ3v) is 12.6. The minimum atomic E-state index is 1.02. The Kier molecular flexibility index (Phi) is 6.53. The van der Waals surface area contributed by atoms with Crippen LogP contribution in [0.1, 0.15) is 17.7 Å². The molecule has 0 spiro atoms. The molecule has 4 heterocycles. The smallest absolute Gasteiger partial charge is 0.0641 e. The van der Waals surface area contributed by atoms with E-state index in [9.17, 15) is 0 Å². The van der Waals surface area contributed by atoms with Crippen molar-refractivity contribution < 1.29 is 0 Å². The molecule has 4 nitrogen and oxygen atoms in total. The first-order chi connectivity index (χ1) is 28.8. The zero-order chi connectivity index (χ0) is 37.9. The van der Waals surface area contributed by atoms with Gasteiger partial charge in [0.2, 0.25) is 0 Å². The van der Waals surface area contributed by atoms with E-state index in [0.29, 0.717) is 0 Å². The first-order valence-electron chi connectivity index (χ1n) is 20.3. The molecule has 0 N–H and O–H groups in total. The van der Waals surface area contributed by atoms with Crippen LogP contribution in [-0.2, 0) is 6.42 Å². The summed E-state index contributed by atoms with van der Waals surface area (Å²) in [6, 6.07) is 66.8. The standard InChI is InChI=1S/C54H36N4/c1-3-15-35(16-4-1)55-47-25-13-9-21-43(47)51-49(55)33-31-41-39-19-7-11-23-45(39)57(53(41)51)37-27-29-38(30-28-37)58-46-24-12-8-20-40(46)42-32-34-50-52(54(42)58)44-22-10-14-26-48(44)56(50)36-17-5-2-6-18-36/h1-13,15-25,27-34H,14,26H2. The van der Waals surface area contributed by atoms with Crippen LogP contribution in [0.2, 0.25) is 0 Å². The molecule has 272 valence electrons. The lowest BCUT2D eigenvalue weighted by molar-refractivity contribution is 0.888. The lowest BCUT2D eigenvalue weighted by atomic mass is 10.0. The number of aromatic nitrogens is 4. The van der Waals surface area contributed by atoms with Crippen LogP contribution in [-0.4, -0.2) is 18.3 Å². The fraction of sp³-hybridized carbons (Fsp3) is 0.0370. The van der Waals surface area contributed by atoms with Crippen LogP contribution in [0.15, 0.2) is 188 Å². The van der Waals surface area contributed by atoms with Crippen LogP contribution >= 0.6 is 0 Å². The summed E-state index contributed by atoms with van der Waals surface area (Å²) in [5.74, 6) is 0. The predicted octanol–water partition coefficient (Wildman–Crippen LogP) is 13.9. The summed E-state index contributed by atoms with van der Waals surface area (Å²) >= 11 is 0. The molecule has 0 saturated heterocycles. The van der Waals surface area contributed by atoms with Gasteiger partial charge in [-0.1, -0.05) is 115 Å². The maximum Gasteiger partial charge on any atom is 0.0641 e. The van der Waals surface area contributed by atoms with E-state index in [0.717, 1.165) is 29.9 Å². The quantitative estimate of drug-likeness (QED) is 0.171. The molecule has 0 fully saturated rings. The first-order valence-corrected chi connectivity index (χ1v) is 20.3. The summed E-state index contributed by atoms with van der Waals surface area (Å²) in [6.07, 6.45) is 6.77. The van der Waals surface area contributed by atoms with E-state index in [1.807, 2.05) is 0 Å². The van der Waals surface area contributed by atoms with Gasteiger partial charge >= 0.3 is 0 Å². The third-order valence-electron chi connectivity index (χ3n) is 12.6. The second kappa shape index (κ2) is 12.0. The summed E-state index contributed by atoms with van der Waals surface area (Å²) in [7, 11) is 0. The van der Waals surface area contributed by atoms with E-state index in [4.69, 9.17) is 0 Å². The summed E-state index contributed by atoms with van der Waals surface area (Å²) in [4.78, 5) is 0. The lowest BCUT2D eigenvalue weighted by Crippen LogP contribution is -2.02. The Labute approximate surface area is 334 Å². The van der Waals surface area contributed by atoms with Crippen molar-refractivity contribution in [3.8, 4) is 22.7 Å². The molecule has 8 aromatic carbocycles. The molecule has 4 heteroatoms. The van der Waals surface area contributed by atoms with Crippen LogP contribution < -0.4 is 0 Å². The minimum absolute atomic E-state index is 1.02. The highest BCUT2D eigenvalue weighted by Crippen LogP contribution is 2.44. The molecule has 4 aromatic heterocycles.